The lowest BCUT2D eigenvalue weighted by Crippen LogP contribution is -2.57. The fourth-order valence-corrected chi connectivity index (χ4v) is 2.16. The highest BCUT2D eigenvalue weighted by Crippen LogP contribution is 2.22. The zero-order valence-electron chi connectivity index (χ0n) is 10.5. The van der Waals surface area contributed by atoms with Crippen molar-refractivity contribution in [3.05, 3.63) is 24.2 Å². The number of rotatable bonds is 2. The maximum Gasteiger partial charge on any atom is 0.155 e. The second-order valence-corrected chi connectivity index (χ2v) is 4.87. The zero-order valence-corrected chi connectivity index (χ0v) is 10.5. The van der Waals surface area contributed by atoms with E-state index in [1.54, 1.807) is 0 Å². The van der Waals surface area contributed by atoms with Crippen molar-refractivity contribution in [3.63, 3.8) is 0 Å². The van der Waals surface area contributed by atoms with Crippen LogP contribution < -0.4 is 4.90 Å². The van der Waals surface area contributed by atoms with Crippen LogP contribution in [0.4, 0.5) is 5.69 Å². The lowest BCUT2D eigenvalue weighted by molar-refractivity contribution is 0.247. The Morgan fingerprint density at radius 1 is 1.29 bits per heavy atom. The van der Waals surface area contributed by atoms with Crippen LogP contribution in [0.2, 0.25) is 0 Å². The van der Waals surface area contributed by atoms with Crippen molar-refractivity contribution in [1.29, 1.82) is 0 Å². The number of aryl methyl sites for hydroxylation is 1. The number of aromatic nitrogens is 3. The molecule has 1 fully saturated rings. The molecule has 5 nitrogen and oxygen atoms in total. The number of hydrogen-bond acceptors (Lipinski definition) is 4. The van der Waals surface area contributed by atoms with Gasteiger partial charge in [0.1, 0.15) is 5.82 Å². The third-order valence-corrected chi connectivity index (χ3v) is 3.38. The molecule has 0 aliphatic carbocycles. The average molecular weight is 231 g/mol. The van der Waals surface area contributed by atoms with Gasteiger partial charge in [0.15, 0.2) is 5.65 Å². The van der Waals surface area contributed by atoms with E-state index in [0.717, 1.165) is 24.6 Å². The Morgan fingerprint density at radius 3 is 2.76 bits per heavy atom. The van der Waals surface area contributed by atoms with Crippen LogP contribution in [0.5, 0.6) is 0 Å². The monoisotopic (exact) mass is 231 g/mol. The van der Waals surface area contributed by atoms with Gasteiger partial charge < -0.3 is 9.80 Å². The lowest BCUT2D eigenvalue weighted by atomic mass is 10.1. The number of likely N-dealkylation sites (N-methyl/N-ethyl adjacent to an activating group) is 1. The molecule has 2 aromatic heterocycles. The van der Waals surface area contributed by atoms with Gasteiger partial charge in [0, 0.05) is 19.1 Å². The van der Waals surface area contributed by atoms with Gasteiger partial charge in [0.25, 0.3) is 0 Å². The van der Waals surface area contributed by atoms with Gasteiger partial charge in [-0.15, -0.1) is 0 Å². The van der Waals surface area contributed by atoms with Crippen molar-refractivity contribution in [2.24, 2.45) is 0 Å². The van der Waals surface area contributed by atoms with Crippen LogP contribution in [0.1, 0.15) is 5.82 Å². The predicted octanol–water partition coefficient (Wildman–Crippen LogP) is 0.788. The highest BCUT2D eigenvalue weighted by Gasteiger charge is 2.28. The van der Waals surface area contributed by atoms with Crippen molar-refractivity contribution in [3.8, 4) is 0 Å². The summed E-state index contributed by atoms with van der Waals surface area (Å²) in [6.45, 7) is 4.09. The maximum atomic E-state index is 4.34. The molecule has 1 aliphatic heterocycles. The highest BCUT2D eigenvalue weighted by atomic mass is 15.3. The largest absolute Gasteiger partial charge is 0.367 e. The molecule has 5 heteroatoms. The molecule has 90 valence electrons. The molecule has 3 rings (SSSR count). The summed E-state index contributed by atoms with van der Waals surface area (Å²) in [5.74, 6) is 0.817. The van der Waals surface area contributed by atoms with E-state index in [9.17, 15) is 0 Å². The van der Waals surface area contributed by atoms with Gasteiger partial charge in [0.05, 0.1) is 11.9 Å². The second-order valence-electron chi connectivity index (χ2n) is 4.87. The fourth-order valence-electron chi connectivity index (χ4n) is 2.16. The van der Waals surface area contributed by atoms with Gasteiger partial charge in [-0.2, -0.15) is 5.10 Å². The molecule has 0 bridgehead atoms. The molecule has 1 saturated heterocycles. The predicted molar refractivity (Wildman–Crippen MR) is 67.4 cm³/mol. The minimum absolute atomic E-state index is 0.670. The van der Waals surface area contributed by atoms with Gasteiger partial charge in [0.2, 0.25) is 0 Å². The number of fused-ring (bicyclic) bond motifs is 1. The molecule has 0 spiro atoms. The Kier molecular flexibility index (Phi) is 2.29. The molecule has 17 heavy (non-hydrogen) atoms. The quantitative estimate of drug-likeness (QED) is 0.765. The van der Waals surface area contributed by atoms with Gasteiger partial charge in [-0.05, 0) is 33.2 Å². The maximum absolute atomic E-state index is 4.34. The van der Waals surface area contributed by atoms with Crippen molar-refractivity contribution in [2.45, 2.75) is 13.0 Å². The standard InChI is InChI=1S/C12H17N5/c1-9-13-12-5-4-10(8-17(12)14-9)16-6-11(7-16)15(2)3/h4-5,8,11H,6-7H2,1-3H3. The number of anilines is 1. The Labute approximate surface area is 101 Å². The van der Waals surface area contributed by atoms with Crippen LogP contribution >= 0.6 is 0 Å². The molecule has 1 aliphatic rings. The average Bonchev–Trinajstić information content (AvgIpc) is 2.54. The topological polar surface area (TPSA) is 36.7 Å². The van der Waals surface area contributed by atoms with Crippen LogP contribution in [0, 0.1) is 6.92 Å². The molecule has 2 aromatic rings. The molecule has 0 atom stereocenters. The van der Waals surface area contributed by atoms with Crippen LogP contribution in [-0.2, 0) is 0 Å². The molecule has 3 heterocycles. The fraction of sp³-hybridized carbons (Fsp3) is 0.500. The van der Waals surface area contributed by atoms with Crippen LogP contribution in [0.3, 0.4) is 0 Å². The van der Waals surface area contributed by atoms with Gasteiger partial charge in [-0.25, -0.2) is 9.50 Å². The normalized spacial score (nSPS) is 16.8. The summed E-state index contributed by atoms with van der Waals surface area (Å²) in [5.41, 5.74) is 2.14. The Hall–Kier alpha value is -1.62. The molecule has 0 unspecified atom stereocenters. The summed E-state index contributed by atoms with van der Waals surface area (Å²) in [6, 6.07) is 4.82. The van der Waals surface area contributed by atoms with Crippen LogP contribution in [0.15, 0.2) is 18.3 Å². The SMILES string of the molecule is Cc1nc2ccc(N3CC(N(C)C)C3)cn2n1. The first-order valence-electron chi connectivity index (χ1n) is 5.88. The number of hydrogen-bond donors (Lipinski definition) is 0. The van der Waals surface area contributed by atoms with Crippen molar-refractivity contribution in [2.75, 3.05) is 32.1 Å². The van der Waals surface area contributed by atoms with Crippen molar-refractivity contribution >= 4 is 11.3 Å². The highest BCUT2D eigenvalue weighted by molar-refractivity contribution is 5.53. The first-order chi connectivity index (χ1) is 8.13. The molecule has 0 saturated carbocycles. The number of pyridine rings is 1. The third kappa shape index (κ3) is 1.76. The van der Waals surface area contributed by atoms with E-state index < -0.39 is 0 Å². The Balaban J connectivity index is 1.82. The summed E-state index contributed by atoms with van der Waals surface area (Å²) in [7, 11) is 4.26. The first kappa shape index (κ1) is 10.5. The molecule has 0 aromatic carbocycles. The van der Waals surface area contributed by atoms with E-state index in [4.69, 9.17) is 0 Å². The third-order valence-electron chi connectivity index (χ3n) is 3.38. The minimum atomic E-state index is 0.670. The second kappa shape index (κ2) is 3.70. The molecule has 0 radical (unpaired) electrons. The smallest absolute Gasteiger partial charge is 0.155 e. The molecule has 0 amide bonds. The van der Waals surface area contributed by atoms with Crippen molar-refractivity contribution < 1.29 is 0 Å². The van der Waals surface area contributed by atoms with E-state index in [0.29, 0.717) is 6.04 Å². The van der Waals surface area contributed by atoms with Gasteiger partial charge in [-0.3, -0.25) is 0 Å². The summed E-state index contributed by atoms with van der Waals surface area (Å²) in [4.78, 5) is 8.96. The first-order valence-corrected chi connectivity index (χ1v) is 5.88. The zero-order chi connectivity index (χ0) is 12.0. The Morgan fingerprint density at radius 2 is 2.06 bits per heavy atom. The summed E-state index contributed by atoms with van der Waals surface area (Å²) in [6.07, 6.45) is 2.06. The molecule has 0 N–H and O–H groups in total. The summed E-state index contributed by atoms with van der Waals surface area (Å²) in [5, 5.41) is 4.34. The van der Waals surface area contributed by atoms with E-state index >= 15 is 0 Å². The van der Waals surface area contributed by atoms with E-state index in [1.165, 1.54) is 5.69 Å². The lowest BCUT2D eigenvalue weighted by Gasteiger charge is -2.44. The summed E-state index contributed by atoms with van der Waals surface area (Å²) >= 11 is 0. The van der Waals surface area contributed by atoms with Crippen LogP contribution in [0.25, 0.3) is 5.65 Å². The Bertz CT molecular complexity index is 539. The number of nitrogens with zero attached hydrogens (tertiary/aromatic N) is 5. The van der Waals surface area contributed by atoms with E-state index in [-0.39, 0.29) is 0 Å². The van der Waals surface area contributed by atoms with Crippen molar-refractivity contribution in [1.82, 2.24) is 19.5 Å². The van der Waals surface area contributed by atoms with E-state index in [2.05, 4.69) is 46.2 Å². The molecular formula is C12H17N5. The van der Waals surface area contributed by atoms with Gasteiger partial charge in [-0.1, -0.05) is 0 Å². The minimum Gasteiger partial charge on any atom is -0.367 e. The van der Waals surface area contributed by atoms with Gasteiger partial charge >= 0.3 is 0 Å². The van der Waals surface area contributed by atoms with E-state index in [1.807, 2.05) is 17.5 Å². The van der Waals surface area contributed by atoms with Crippen LogP contribution in [-0.4, -0.2) is 52.7 Å². The molecular weight excluding hydrogens is 214 g/mol. The summed E-state index contributed by atoms with van der Waals surface area (Å²) < 4.78 is 1.85.